The Labute approximate surface area is 203 Å². The summed E-state index contributed by atoms with van der Waals surface area (Å²) in [4.78, 5) is 2.08. The van der Waals surface area contributed by atoms with Crippen LogP contribution in [0.2, 0.25) is 0 Å². The van der Waals surface area contributed by atoms with Crippen molar-refractivity contribution in [1.82, 2.24) is 14.2 Å². The minimum Gasteiger partial charge on any atom is -0.329 e. The molecule has 0 amide bonds. The van der Waals surface area contributed by atoms with E-state index in [0.29, 0.717) is 11.6 Å². The van der Waals surface area contributed by atoms with Crippen LogP contribution in [-0.2, 0) is 16.6 Å². The zero-order valence-corrected chi connectivity index (χ0v) is 21.1. The average molecular weight is 476 g/mol. The molecular weight excluding hydrogens is 442 g/mol. The van der Waals surface area contributed by atoms with Crippen LogP contribution in [0.1, 0.15) is 36.5 Å². The summed E-state index contributed by atoms with van der Waals surface area (Å²) < 4.78 is 32.7. The van der Waals surface area contributed by atoms with Crippen LogP contribution in [-0.4, -0.2) is 44.6 Å². The van der Waals surface area contributed by atoms with Crippen LogP contribution in [0.25, 0.3) is 10.9 Å². The number of para-hydroxylation sites is 1. The van der Waals surface area contributed by atoms with Crippen molar-refractivity contribution in [2.75, 3.05) is 20.6 Å². The minimum absolute atomic E-state index is 0.218. The molecule has 1 aromatic heterocycles. The van der Waals surface area contributed by atoms with Crippen molar-refractivity contribution in [2.24, 2.45) is 0 Å². The number of nitrogens with zero attached hydrogens (tertiary/aromatic N) is 2. The summed E-state index contributed by atoms with van der Waals surface area (Å²) >= 11 is 0. The highest BCUT2D eigenvalue weighted by Gasteiger charge is 2.33. The van der Waals surface area contributed by atoms with Crippen molar-refractivity contribution in [2.45, 2.75) is 37.4 Å². The Balaban J connectivity index is 2.10. The predicted molar refractivity (Wildman–Crippen MR) is 140 cm³/mol. The Morgan fingerprint density at radius 3 is 1.88 bits per heavy atom. The molecule has 1 N–H and O–H groups in total. The molecule has 0 saturated carbocycles. The summed E-state index contributed by atoms with van der Waals surface area (Å²) in [6.45, 7) is 5.01. The highest BCUT2D eigenvalue weighted by atomic mass is 32.2. The van der Waals surface area contributed by atoms with Crippen molar-refractivity contribution in [1.29, 1.82) is 0 Å². The number of fused-ring (bicyclic) bond motifs is 1. The van der Waals surface area contributed by atoms with Crippen LogP contribution in [0.4, 0.5) is 0 Å². The molecule has 178 valence electrons. The monoisotopic (exact) mass is 475 g/mol. The molecule has 6 heteroatoms. The lowest BCUT2D eigenvalue weighted by atomic mass is 9.85. The van der Waals surface area contributed by atoms with Gasteiger partial charge in [-0.25, -0.2) is 13.1 Å². The fourth-order valence-electron chi connectivity index (χ4n) is 4.58. The molecule has 0 aliphatic heterocycles. The molecule has 3 aromatic carbocycles. The number of sulfonamides is 1. The molecule has 0 spiro atoms. The topological polar surface area (TPSA) is 54.3 Å². The maximum absolute atomic E-state index is 13.9. The second kappa shape index (κ2) is 10.1. The molecule has 0 bridgehead atoms. The Bertz CT molecular complexity index is 1310. The van der Waals surface area contributed by atoms with E-state index in [-0.39, 0.29) is 12.0 Å². The van der Waals surface area contributed by atoms with Gasteiger partial charge in [0.2, 0.25) is 0 Å². The molecule has 1 heterocycles. The van der Waals surface area contributed by atoms with Gasteiger partial charge in [0, 0.05) is 41.5 Å². The summed E-state index contributed by atoms with van der Waals surface area (Å²) in [6, 6.07) is 28.2. The van der Waals surface area contributed by atoms with Gasteiger partial charge < -0.3 is 9.47 Å². The number of hydrogen-bond donors (Lipinski definition) is 1. The molecule has 5 nitrogen and oxygen atoms in total. The van der Waals surface area contributed by atoms with E-state index in [2.05, 4.69) is 33.9 Å². The SMILES string of the molecule is CC(C)NS(=O)(=O)c1c(C(c2ccccc2)c2ccccc2)c2ccccc2n1CCN(C)C. The van der Waals surface area contributed by atoms with Gasteiger partial charge in [0.1, 0.15) is 0 Å². The van der Waals surface area contributed by atoms with Gasteiger partial charge in [0.25, 0.3) is 10.0 Å². The molecule has 0 unspecified atom stereocenters. The second-order valence-corrected chi connectivity index (χ2v) is 10.9. The quantitative estimate of drug-likeness (QED) is 0.368. The first-order chi connectivity index (χ1) is 16.3. The van der Waals surface area contributed by atoms with Crippen molar-refractivity contribution in [3.63, 3.8) is 0 Å². The van der Waals surface area contributed by atoms with Gasteiger partial charge in [-0.05, 0) is 45.1 Å². The number of likely N-dealkylation sites (N-methyl/N-ethyl adjacent to an activating group) is 1. The lowest BCUT2D eigenvalue weighted by Gasteiger charge is -2.22. The third kappa shape index (κ3) is 4.94. The largest absolute Gasteiger partial charge is 0.329 e. The zero-order valence-electron chi connectivity index (χ0n) is 20.3. The van der Waals surface area contributed by atoms with Crippen LogP contribution < -0.4 is 4.72 Å². The van der Waals surface area contributed by atoms with Gasteiger partial charge in [0.05, 0.1) is 0 Å². The highest BCUT2D eigenvalue weighted by Crippen LogP contribution is 2.41. The van der Waals surface area contributed by atoms with E-state index >= 15 is 0 Å². The van der Waals surface area contributed by atoms with E-state index in [9.17, 15) is 8.42 Å². The van der Waals surface area contributed by atoms with Gasteiger partial charge in [-0.15, -0.1) is 0 Å². The Hall–Kier alpha value is -2.93. The summed E-state index contributed by atoms with van der Waals surface area (Å²) in [5.41, 5.74) is 3.87. The average Bonchev–Trinajstić information content (AvgIpc) is 3.14. The number of rotatable bonds is 9. The van der Waals surface area contributed by atoms with Crippen molar-refractivity contribution < 1.29 is 8.42 Å². The van der Waals surface area contributed by atoms with Crippen molar-refractivity contribution >= 4 is 20.9 Å². The molecule has 0 fully saturated rings. The molecule has 34 heavy (non-hydrogen) atoms. The van der Waals surface area contributed by atoms with Crippen LogP contribution in [0.5, 0.6) is 0 Å². The number of benzene rings is 3. The third-order valence-corrected chi connectivity index (χ3v) is 7.66. The second-order valence-electron chi connectivity index (χ2n) is 9.22. The molecule has 0 saturated heterocycles. The first-order valence-corrected chi connectivity index (χ1v) is 13.2. The fraction of sp³-hybridized carbons (Fsp3) is 0.286. The van der Waals surface area contributed by atoms with E-state index in [0.717, 1.165) is 34.1 Å². The predicted octanol–water partition coefficient (Wildman–Crippen LogP) is 5.07. The van der Waals surface area contributed by atoms with E-state index in [1.165, 1.54) is 0 Å². The maximum Gasteiger partial charge on any atom is 0.256 e. The number of aromatic nitrogens is 1. The van der Waals surface area contributed by atoms with E-state index in [1.807, 2.05) is 93.2 Å². The Morgan fingerprint density at radius 2 is 1.35 bits per heavy atom. The number of hydrogen-bond acceptors (Lipinski definition) is 3. The van der Waals surface area contributed by atoms with Gasteiger partial charge >= 0.3 is 0 Å². The third-order valence-electron chi connectivity index (χ3n) is 5.93. The van der Waals surface area contributed by atoms with Crippen LogP contribution >= 0.6 is 0 Å². The molecule has 0 aliphatic carbocycles. The summed E-state index contributed by atoms with van der Waals surface area (Å²) in [7, 11) is 0.211. The van der Waals surface area contributed by atoms with Crippen molar-refractivity contribution in [3.8, 4) is 0 Å². The van der Waals surface area contributed by atoms with E-state index in [1.54, 1.807) is 0 Å². The molecular formula is C28H33N3O2S. The van der Waals surface area contributed by atoms with Crippen LogP contribution in [0, 0.1) is 0 Å². The van der Waals surface area contributed by atoms with Crippen LogP contribution in [0.15, 0.2) is 90.0 Å². The van der Waals surface area contributed by atoms with Gasteiger partial charge in [0.15, 0.2) is 5.03 Å². The van der Waals surface area contributed by atoms with E-state index in [4.69, 9.17) is 0 Å². The minimum atomic E-state index is -3.80. The molecule has 0 atom stereocenters. The van der Waals surface area contributed by atoms with E-state index < -0.39 is 10.0 Å². The zero-order chi connectivity index (χ0) is 24.3. The van der Waals surface area contributed by atoms with Gasteiger partial charge in [-0.3, -0.25) is 0 Å². The van der Waals surface area contributed by atoms with Crippen molar-refractivity contribution in [3.05, 3.63) is 102 Å². The molecule has 4 aromatic rings. The fourth-order valence-corrected chi connectivity index (χ4v) is 6.31. The first-order valence-electron chi connectivity index (χ1n) is 11.7. The summed E-state index contributed by atoms with van der Waals surface area (Å²) in [5.74, 6) is -0.230. The molecule has 0 radical (unpaired) electrons. The molecule has 0 aliphatic rings. The Kier molecular flexibility index (Phi) is 7.22. The standard InChI is InChI=1S/C28H33N3O2S/c1-21(2)29-34(32,33)28-27(24-17-11-12-18-25(24)31(28)20-19-30(3)4)26(22-13-7-5-8-14-22)23-15-9-6-10-16-23/h5-18,21,26,29H,19-20H2,1-4H3. The Morgan fingerprint density at radius 1 is 0.824 bits per heavy atom. The summed E-state index contributed by atoms with van der Waals surface area (Å²) in [6.07, 6.45) is 0. The van der Waals surface area contributed by atoms with Gasteiger partial charge in [-0.1, -0.05) is 78.9 Å². The summed E-state index contributed by atoms with van der Waals surface area (Å²) in [5, 5.41) is 1.31. The first kappa shape index (κ1) is 24.2. The normalized spacial score (nSPS) is 12.3. The number of nitrogens with one attached hydrogen (secondary N) is 1. The lowest BCUT2D eigenvalue weighted by molar-refractivity contribution is 0.379. The van der Waals surface area contributed by atoms with Crippen LogP contribution in [0.3, 0.4) is 0 Å². The smallest absolute Gasteiger partial charge is 0.256 e. The maximum atomic E-state index is 13.9. The highest BCUT2D eigenvalue weighted by molar-refractivity contribution is 7.89. The van der Waals surface area contributed by atoms with Gasteiger partial charge in [-0.2, -0.15) is 0 Å². The lowest BCUT2D eigenvalue weighted by Crippen LogP contribution is -2.33. The molecule has 4 rings (SSSR count).